The van der Waals surface area contributed by atoms with Gasteiger partial charge in [0, 0.05) is 19.2 Å². The number of aromatic nitrogens is 1. The van der Waals surface area contributed by atoms with E-state index in [9.17, 15) is 13.2 Å². The number of carbonyl (C=O) groups excluding carboxylic acids is 1. The molecule has 1 amide bonds. The number of nitrogens with zero attached hydrogens (tertiary/aromatic N) is 1. The number of methoxy groups -OCH3 is 1. The van der Waals surface area contributed by atoms with E-state index in [-0.39, 0.29) is 23.1 Å². The standard InChI is InChI=1S/C21H21N3O5S/c1-15(25)23-20-13-19(9-10-21(20)28-2)30(26,27)24-16-7-5-8-18(12-16)29-14-17-6-3-4-11-22-17/h3-13,24H,14H2,1-2H3,(H,23,25). The number of rotatable bonds is 8. The number of amides is 1. The highest BCUT2D eigenvalue weighted by Crippen LogP contribution is 2.29. The van der Waals surface area contributed by atoms with Crippen LogP contribution in [-0.4, -0.2) is 26.4 Å². The average Bonchev–Trinajstić information content (AvgIpc) is 2.72. The third-order valence-electron chi connectivity index (χ3n) is 3.99. The minimum Gasteiger partial charge on any atom is -0.495 e. The molecule has 3 rings (SSSR count). The first kappa shape index (κ1) is 21.1. The molecule has 0 aliphatic carbocycles. The zero-order valence-corrected chi connectivity index (χ0v) is 17.3. The normalized spacial score (nSPS) is 10.9. The zero-order chi connectivity index (χ0) is 21.6. The van der Waals surface area contributed by atoms with Crippen LogP contribution in [0.15, 0.2) is 71.8 Å². The molecular formula is C21H21N3O5S. The molecule has 3 aromatic rings. The second-order valence-electron chi connectivity index (χ2n) is 6.29. The average molecular weight is 427 g/mol. The molecule has 0 unspecified atom stereocenters. The van der Waals surface area contributed by atoms with E-state index in [4.69, 9.17) is 9.47 Å². The Morgan fingerprint density at radius 3 is 2.60 bits per heavy atom. The predicted molar refractivity (Wildman–Crippen MR) is 113 cm³/mol. The quantitative estimate of drug-likeness (QED) is 0.570. The van der Waals surface area contributed by atoms with Crippen LogP contribution in [0.4, 0.5) is 11.4 Å². The lowest BCUT2D eigenvalue weighted by Crippen LogP contribution is -2.14. The Labute approximate surface area is 174 Å². The molecule has 0 atom stereocenters. The van der Waals surface area contributed by atoms with Gasteiger partial charge < -0.3 is 14.8 Å². The van der Waals surface area contributed by atoms with Crippen molar-refractivity contribution in [3.8, 4) is 11.5 Å². The van der Waals surface area contributed by atoms with E-state index in [0.29, 0.717) is 17.2 Å². The molecule has 0 aliphatic heterocycles. The number of nitrogens with one attached hydrogen (secondary N) is 2. The summed E-state index contributed by atoms with van der Waals surface area (Å²) < 4.78 is 39.0. The van der Waals surface area contributed by atoms with Gasteiger partial charge in [0.2, 0.25) is 5.91 Å². The molecule has 0 saturated heterocycles. The van der Waals surface area contributed by atoms with E-state index >= 15 is 0 Å². The van der Waals surface area contributed by atoms with Crippen LogP contribution >= 0.6 is 0 Å². The lowest BCUT2D eigenvalue weighted by Gasteiger charge is -2.13. The van der Waals surface area contributed by atoms with Crippen molar-refractivity contribution in [2.45, 2.75) is 18.4 Å². The number of anilines is 2. The van der Waals surface area contributed by atoms with Gasteiger partial charge in [-0.05, 0) is 42.5 Å². The SMILES string of the molecule is COc1ccc(S(=O)(=O)Nc2cccc(OCc3ccccn3)c2)cc1NC(C)=O. The summed E-state index contributed by atoms with van der Waals surface area (Å²) in [5, 5.41) is 2.56. The van der Waals surface area contributed by atoms with E-state index in [1.54, 1.807) is 30.5 Å². The Balaban J connectivity index is 1.77. The van der Waals surface area contributed by atoms with Gasteiger partial charge in [0.25, 0.3) is 10.0 Å². The summed E-state index contributed by atoms with van der Waals surface area (Å²) in [5.74, 6) is 0.511. The molecule has 0 radical (unpaired) electrons. The van der Waals surface area contributed by atoms with E-state index in [1.165, 1.54) is 32.2 Å². The van der Waals surface area contributed by atoms with Crippen LogP contribution in [0.3, 0.4) is 0 Å². The van der Waals surface area contributed by atoms with Crippen molar-refractivity contribution in [1.29, 1.82) is 0 Å². The van der Waals surface area contributed by atoms with Crippen LogP contribution in [0.5, 0.6) is 11.5 Å². The summed E-state index contributed by atoms with van der Waals surface area (Å²) >= 11 is 0. The Hall–Kier alpha value is -3.59. The minimum atomic E-state index is -3.91. The summed E-state index contributed by atoms with van der Waals surface area (Å²) in [6.07, 6.45) is 1.67. The maximum Gasteiger partial charge on any atom is 0.261 e. The van der Waals surface area contributed by atoms with Crippen molar-refractivity contribution < 1.29 is 22.7 Å². The highest BCUT2D eigenvalue weighted by atomic mass is 32.2. The smallest absolute Gasteiger partial charge is 0.261 e. The molecule has 9 heteroatoms. The second-order valence-corrected chi connectivity index (χ2v) is 7.97. The predicted octanol–water partition coefficient (Wildman–Crippen LogP) is 3.43. The van der Waals surface area contributed by atoms with Crippen molar-refractivity contribution >= 4 is 27.3 Å². The first-order valence-corrected chi connectivity index (χ1v) is 10.5. The van der Waals surface area contributed by atoms with Crippen LogP contribution in [0.2, 0.25) is 0 Å². The number of benzene rings is 2. The molecule has 1 heterocycles. The van der Waals surface area contributed by atoms with E-state index in [0.717, 1.165) is 5.69 Å². The molecule has 8 nitrogen and oxygen atoms in total. The van der Waals surface area contributed by atoms with E-state index < -0.39 is 10.0 Å². The fourth-order valence-electron chi connectivity index (χ4n) is 2.65. The fraction of sp³-hybridized carbons (Fsp3) is 0.143. The summed E-state index contributed by atoms with van der Waals surface area (Å²) in [5.41, 5.74) is 1.36. The van der Waals surface area contributed by atoms with Gasteiger partial charge in [-0.15, -0.1) is 0 Å². The maximum atomic E-state index is 12.8. The number of ether oxygens (including phenoxy) is 2. The molecule has 2 aromatic carbocycles. The van der Waals surface area contributed by atoms with Gasteiger partial charge in [-0.2, -0.15) is 0 Å². The first-order valence-electron chi connectivity index (χ1n) is 8.98. The topological polar surface area (TPSA) is 107 Å². The molecule has 0 bridgehead atoms. The second kappa shape index (κ2) is 9.27. The Morgan fingerprint density at radius 1 is 1.07 bits per heavy atom. The van der Waals surface area contributed by atoms with Gasteiger partial charge in [-0.25, -0.2) is 8.42 Å². The van der Waals surface area contributed by atoms with Crippen LogP contribution in [0.1, 0.15) is 12.6 Å². The highest BCUT2D eigenvalue weighted by molar-refractivity contribution is 7.92. The highest BCUT2D eigenvalue weighted by Gasteiger charge is 2.17. The van der Waals surface area contributed by atoms with Crippen molar-refractivity contribution in [3.05, 3.63) is 72.6 Å². The van der Waals surface area contributed by atoms with Crippen molar-refractivity contribution in [1.82, 2.24) is 4.98 Å². The van der Waals surface area contributed by atoms with Crippen LogP contribution in [0, 0.1) is 0 Å². The lowest BCUT2D eigenvalue weighted by molar-refractivity contribution is -0.114. The molecule has 0 aliphatic rings. The van der Waals surface area contributed by atoms with Gasteiger partial charge in [0.05, 0.1) is 29.1 Å². The molecule has 0 spiro atoms. The van der Waals surface area contributed by atoms with Gasteiger partial charge in [-0.3, -0.25) is 14.5 Å². The molecular weight excluding hydrogens is 406 g/mol. The number of sulfonamides is 1. The van der Waals surface area contributed by atoms with Gasteiger partial charge in [0.1, 0.15) is 18.1 Å². The Kier molecular flexibility index (Phi) is 6.53. The lowest BCUT2D eigenvalue weighted by atomic mass is 10.3. The zero-order valence-electron chi connectivity index (χ0n) is 16.5. The van der Waals surface area contributed by atoms with Crippen molar-refractivity contribution in [2.24, 2.45) is 0 Å². The van der Waals surface area contributed by atoms with Crippen LogP contribution in [-0.2, 0) is 21.4 Å². The third-order valence-corrected chi connectivity index (χ3v) is 5.37. The Bertz CT molecular complexity index is 1130. The molecule has 156 valence electrons. The van der Waals surface area contributed by atoms with Crippen molar-refractivity contribution in [2.75, 3.05) is 17.1 Å². The molecule has 2 N–H and O–H groups in total. The first-order chi connectivity index (χ1) is 14.4. The third kappa shape index (κ3) is 5.48. The fourth-order valence-corrected chi connectivity index (χ4v) is 3.72. The van der Waals surface area contributed by atoms with E-state index in [1.807, 2.05) is 18.2 Å². The number of carbonyl (C=O) groups is 1. The molecule has 1 aromatic heterocycles. The largest absolute Gasteiger partial charge is 0.495 e. The van der Waals surface area contributed by atoms with Crippen LogP contribution in [0.25, 0.3) is 0 Å². The Morgan fingerprint density at radius 2 is 1.90 bits per heavy atom. The summed E-state index contributed by atoms with van der Waals surface area (Å²) in [4.78, 5) is 15.5. The van der Waals surface area contributed by atoms with Crippen LogP contribution < -0.4 is 19.5 Å². The van der Waals surface area contributed by atoms with Gasteiger partial charge in [-0.1, -0.05) is 12.1 Å². The minimum absolute atomic E-state index is 0.0214. The summed E-state index contributed by atoms with van der Waals surface area (Å²) in [7, 11) is -2.47. The molecule has 30 heavy (non-hydrogen) atoms. The number of hydrogen-bond acceptors (Lipinski definition) is 6. The number of pyridine rings is 1. The van der Waals surface area contributed by atoms with Gasteiger partial charge in [0.15, 0.2) is 0 Å². The molecule has 0 fully saturated rings. The summed E-state index contributed by atoms with van der Waals surface area (Å²) in [6.45, 7) is 1.59. The maximum absolute atomic E-state index is 12.8. The van der Waals surface area contributed by atoms with Crippen molar-refractivity contribution in [3.63, 3.8) is 0 Å². The van der Waals surface area contributed by atoms with Gasteiger partial charge >= 0.3 is 0 Å². The summed E-state index contributed by atoms with van der Waals surface area (Å²) in [6, 6.07) is 16.3. The monoisotopic (exact) mass is 427 g/mol. The number of hydrogen-bond donors (Lipinski definition) is 2. The molecule has 0 saturated carbocycles. The van der Waals surface area contributed by atoms with E-state index in [2.05, 4.69) is 15.0 Å².